The third-order valence-corrected chi connectivity index (χ3v) is 4.35. The molecule has 0 radical (unpaired) electrons. The molecule has 0 bridgehead atoms. The Morgan fingerprint density at radius 2 is 1.91 bits per heavy atom. The number of hydrogen-bond acceptors (Lipinski definition) is 2. The fourth-order valence-electron chi connectivity index (χ4n) is 2.51. The lowest BCUT2D eigenvalue weighted by atomic mass is 10.0. The van der Waals surface area contributed by atoms with Gasteiger partial charge in [-0.05, 0) is 42.5 Å². The summed E-state index contributed by atoms with van der Waals surface area (Å²) in [5.74, 6) is 0.811. The van der Waals surface area contributed by atoms with Gasteiger partial charge in [0.15, 0.2) is 6.61 Å². The summed E-state index contributed by atoms with van der Waals surface area (Å²) in [6, 6.07) is 15.0. The van der Waals surface area contributed by atoms with E-state index in [0.29, 0.717) is 21.7 Å². The summed E-state index contributed by atoms with van der Waals surface area (Å²) in [5.41, 5.74) is 1.13. The molecule has 1 aliphatic rings. The number of ether oxygens (including phenoxy) is 1. The van der Waals surface area contributed by atoms with E-state index in [4.69, 9.17) is 27.9 Å². The second-order valence-corrected chi connectivity index (χ2v) is 6.50. The predicted molar refractivity (Wildman–Crippen MR) is 92.0 cm³/mol. The maximum absolute atomic E-state index is 12.2. The van der Waals surface area contributed by atoms with Crippen LogP contribution in [0.25, 0.3) is 0 Å². The fraction of sp³-hybridized carbons (Fsp3) is 0.278. The Morgan fingerprint density at radius 1 is 1.17 bits per heavy atom. The van der Waals surface area contributed by atoms with Crippen molar-refractivity contribution in [2.45, 2.75) is 18.9 Å². The van der Waals surface area contributed by atoms with Crippen LogP contribution in [-0.4, -0.2) is 12.5 Å². The zero-order valence-corrected chi connectivity index (χ0v) is 14.0. The third kappa shape index (κ3) is 4.40. The average Bonchev–Trinajstić information content (AvgIpc) is 3.37. The molecule has 1 unspecified atom stereocenters. The van der Waals surface area contributed by atoms with Gasteiger partial charge in [-0.2, -0.15) is 0 Å². The molecule has 1 saturated carbocycles. The molecular weight excluding hydrogens is 333 g/mol. The van der Waals surface area contributed by atoms with Crippen molar-refractivity contribution in [1.29, 1.82) is 0 Å². The molecule has 1 N–H and O–H groups in total. The van der Waals surface area contributed by atoms with Crippen LogP contribution in [0, 0.1) is 5.92 Å². The van der Waals surface area contributed by atoms with Crippen LogP contribution >= 0.6 is 23.2 Å². The zero-order chi connectivity index (χ0) is 16.2. The van der Waals surface area contributed by atoms with Crippen LogP contribution in [0.3, 0.4) is 0 Å². The number of rotatable bonds is 6. The van der Waals surface area contributed by atoms with Crippen molar-refractivity contribution in [3.05, 3.63) is 64.1 Å². The van der Waals surface area contributed by atoms with Gasteiger partial charge in [0, 0.05) is 5.02 Å². The number of carbonyl (C=O) groups excluding carboxylic acids is 1. The normalized spacial score (nSPS) is 15.0. The summed E-state index contributed by atoms with van der Waals surface area (Å²) < 4.78 is 5.49. The average molecular weight is 350 g/mol. The van der Waals surface area contributed by atoms with E-state index in [1.807, 2.05) is 30.3 Å². The minimum Gasteiger partial charge on any atom is -0.482 e. The minimum atomic E-state index is -0.156. The van der Waals surface area contributed by atoms with Crippen LogP contribution in [0.5, 0.6) is 5.75 Å². The standard InChI is InChI=1S/C18H17Cl2NO2/c19-14-8-9-16(15(20)10-14)23-11-17(22)21-18(13-6-7-13)12-4-2-1-3-5-12/h1-5,8-10,13,18H,6-7,11H2,(H,21,22). The van der Waals surface area contributed by atoms with E-state index >= 15 is 0 Å². The maximum Gasteiger partial charge on any atom is 0.258 e. The molecule has 1 fully saturated rings. The minimum absolute atomic E-state index is 0.0491. The molecular formula is C18H17Cl2NO2. The van der Waals surface area contributed by atoms with E-state index in [9.17, 15) is 4.79 Å². The van der Waals surface area contributed by atoms with Crippen LogP contribution in [0.4, 0.5) is 0 Å². The summed E-state index contributed by atoms with van der Waals surface area (Å²) in [6.07, 6.45) is 2.29. The highest BCUT2D eigenvalue weighted by molar-refractivity contribution is 6.35. The number of benzene rings is 2. The SMILES string of the molecule is O=C(COc1ccc(Cl)cc1Cl)NC(c1ccccc1)C1CC1. The second kappa shape index (κ2) is 7.24. The quantitative estimate of drug-likeness (QED) is 0.824. The molecule has 2 aromatic carbocycles. The summed E-state index contributed by atoms with van der Waals surface area (Å²) >= 11 is 11.9. The maximum atomic E-state index is 12.2. The summed E-state index contributed by atoms with van der Waals surface area (Å²) in [7, 11) is 0. The first kappa shape index (κ1) is 16.2. The molecule has 1 amide bonds. The highest BCUT2D eigenvalue weighted by Gasteiger charge is 2.33. The number of hydrogen-bond donors (Lipinski definition) is 1. The van der Waals surface area contributed by atoms with Crippen molar-refractivity contribution in [3.8, 4) is 5.75 Å². The fourth-order valence-corrected chi connectivity index (χ4v) is 2.98. The molecule has 3 nitrogen and oxygen atoms in total. The Balaban J connectivity index is 1.59. The van der Waals surface area contributed by atoms with E-state index in [2.05, 4.69) is 5.32 Å². The molecule has 0 spiro atoms. The predicted octanol–water partition coefficient (Wildman–Crippen LogP) is 4.64. The van der Waals surface area contributed by atoms with Crippen molar-refractivity contribution >= 4 is 29.1 Å². The first-order chi connectivity index (χ1) is 11.1. The number of amides is 1. The highest BCUT2D eigenvalue weighted by Crippen LogP contribution is 2.40. The Bertz CT molecular complexity index is 687. The molecule has 0 aromatic heterocycles. The van der Waals surface area contributed by atoms with Gasteiger partial charge >= 0.3 is 0 Å². The van der Waals surface area contributed by atoms with Crippen molar-refractivity contribution in [2.24, 2.45) is 5.92 Å². The van der Waals surface area contributed by atoms with Crippen LogP contribution in [0.1, 0.15) is 24.4 Å². The van der Waals surface area contributed by atoms with Crippen molar-refractivity contribution in [1.82, 2.24) is 5.32 Å². The van der Waals surface area contributed by atoms with E-state index in [1.54, 1.807) is 18.2 Å². The molecule has 2 aromatic rings. The van der Waals surface area contributed by atoms with Gasteiger partial charge in [0.05, 0.1) is 11.1 Å². The van der Waals surface area contributed by atoms with Crippen molar-refractivity contribution < 1.29 is 9.53 Å². The van der Waals surface area contributed by atoms with Gasteiger partial charge in [-0.15, -0.1) is 0 Å². The van der Waals surface area contributed by atoms with Gasteiger partial charge in [0.25, 0.3) is 5.91 Å². The van der Waals surface area contributed by atoms with Gasteiger partial charge in [0.1, 0.15) is 5.75 Å². The van der Waals surface area contributed by atoms with E-state index < -0.39 is 0 Å². The molecule has 23 heavy (non-hydrogen) atoms. The lowest BCUT2D eigenvalue weighted by Crippen LogP contribution is -2.33. The topological polar surface area (TPSA) is 38.3 Å². The molecule has 0 heterocycles. The van der Waals surface area contributed by atoms with Crippen LogP contribution in [-0.2, 0) is 4.79 Å². The number of carbonyl (C=O) groups is 1. The van der Waals surface area contributed by atoms with E-state index in [0.717, 1.165) is 18.4 Å². The lowest BCUT2D eigenvalue weighted by molar-refractivity contribution is -0.124. The van der Waals surface area contributed by atoms with E-state index in [-0.39, 0.29) is 18.6 Å². The van der Waals surface area contributed by atoms with Gasteiger partial charge in [0.2, 0.25) is 0 Å². The lowest BCUT2D eigenvalue weighted by Gasteiger charge is -2.19. The third-order valence-electron chi connectivity index (χ3n) is 3.82. The molecule has 0 aliphatic heterocycles. The Hall–Kier alpha value is -1.71. The molecule has 120 valence electrons. The van der Waals surface area contributed by atoms with Gasteiger partial charge in [-0.25, -0.2) is 0 Å². The largest absolute Gasteiger partial charge is 0.482 e. The van der Waals surface area contributed by atoms with Crippen molar-refractivity contribution in [2.75, 3.05) is 6.61 Å². The smallest absolute Gasteiger partial charge is 0.258 e. The first-order valence-electron chi connectivity index (χ1n) is 7.55. The van der Waals surface area contributed by atoms with Crippen LogP contribution in [0.15, 0.2) is 48.5 Å². The molecule has 1 aliphatic carbocycles. The summed E-state index contributed by atoms with van der Waals surface area (Å²) in [4.78, 5) is 12.2. The summed E-state index contributed by atoms with van der Waals surface area (Å²) in [6.45, 7) is -0.0720. The first-order valence-corrected chi connectivity index (χ1v) is 8.31. The summed E-state index contributed by atoms with van der Waals surface area (Å²) in [5, 5.41) is 3.99. The monoisotopic (exact) mass is 349 g/mol. The zero-order valence-electron chi connectivity index (χ0n) is 12.5. The Morgan fingerprint density at radius 3 is 2.57 bits per heavy atom. The number of nitrogens with one attached hydrogen (secondary N) is 1. The van der Waals surface area contributed by atoms with Crippen LogP contribution in [0.2, 0.25) is 10.0 Å². The Kier molecular flexibility index (Phi) is 5.09. The van der Waals surface area contributed by atoms with Gasteiger partial charge in [-0.1, -0.05) is 53.5 Å². The number of halogens is 2. The van der Waals surface area contributed by atoms with E-state index in [1.165, 1.54) is 0 Å². The molecule has 3 rings (SSSR count). The molecule has 5 heteroatoms. The van der Waals surface area contributed by atoms with Crippen LogP contribution < -0.4 is 10.1 Å². The van der Waals surface area contributed by atoms with Gasteiger partial charge in [-0.3, -0.25) is 4.79 Å². The Labute approximate surface area is 145 Å². The molecule has 0 saturated heterocycles. The molecule has 1 atom stereocenters. The van der Waals surface area contributed by atoms with Gasteiger partial charge < -0.3 is 10.1 Å². The highest BCUT2D eigenvalue weighted by atomic mass is 35.5. The second-order valence-electron chi connectivity index (χ2n) is 5.66. The van der Waals surface area contributed by atoms with Crippen molar-refractivity contribution in [3.63, 3.8) is 0 Å².